The number of allylic oxidation sites excluding steroid dienone is 1. The predicted octanol–water partition coefficient (Wildman–Crippen LogP) is 3.14. The van der Waals surface area contributed by atoms with E-state index in [2.05, 4.69) is 13.8 Å². The Morgan fingerprint density at radius 2 is 1.79 bits per heavy atom. The topological polar surface area (TPSA) is 71.1 Å². The minimum absolute atomic E-state index is 0.0265. The molecule has 0 radical (unpaired) electrons. The standard InChI is InChI=1S/C23H30O6/c1-20-7-5-15(24)9-14(20)3-4-16-17-6-8-22(21(17,2)19(25)10-18(16)20)23(29-13-27-22)11-26-12-28-23/h9,16-18H,3-8,10-13H2,1-2H3/t16?,17?,18?,20-,21+,22?,23?/m0/s1. The van der Waals surface area contributed by atoms with Crippen LogP contribution in [0, 0.1) is 28.6 Å². The smallest absolute Gasteiger partial charge is 0.227 e. The third-order valence-corrected chi connectivity index (χ3v) is 9.81. The molecule has 2 aliphatic heterocycles. The Labute approximate surface area is 171 Å². The zero-order valence-corrected chi connectivity index (χ0v) is 17.3. The molecule has 4 aliphatic carbocycles. The summed E-state index contributed by atoms with van der Waals surface area (Å²) in [6.45, 7) is 5.07. The average molecular weight is 402 g/mol. The highest BCUT2D eigenvalue weighted by atomic mass is 16.9. The van der Waals surface area contributed by atoms with Crippen molar-refractivity contribution in [2.24, 2.45) is 28.6 Å². The van der Waals surface area contributed by atoms with Crippen molar-refractivity contribution in [1.29, 1.82) is 0 Å². The Balaban J connectivity index is 1.42. The lowest BCUT2D eigenvalue weighted by Crippen LogP contribution is -2.67. The molecule has 6 aliphatic rings. The monoisotopic (exact) mass is 402 g/mol. The van der Waals surface area contributed by atoms with Gasteiger partial charge in [-0.05, 0) is 68.3 Å². The minimum atomic E-state index is -0.958. The SMILES string of the molecule is C[C@]12CCC(=O)C=C1CCC1C2CC(=O)[C@@]2(C)C1CCC21OCOC12COCO2. The van der Waals surface area contributed by atoms with Crippen LogP contribution in [0.2, 0.25) is 0 Å². The summed E-state index contributed by atoms with van der Waals surface area (Å²) in [5, 5.41) is 0. The van der Waals surface area contributed by atoms with Crippen molar-refractivity contribution in [3.63, 3.8) is 0 Å². The Kier molecular flexibility index (Phi) is 3.72. The fourth-order valence-electron chi connectivity index (χ4n) is 8.23. The highest BCUT2D eigenvalue weighted by molar-refractivity contribution is 5.92. The van der Waals surface area contributed by atoms with Crippen LogP contribution in [0.4, 0.5) is 0 Å². The summed E-state index contributed by atoms with van der Waals surface area (Å²) in [5.74, 6) is 0.610. The van der Waals surface area contributed by atoms with Crippen LogP contribution in [0.15, 0.2) is 11.6 Å². The summed E-state index contributed by atoms with van der Waals surface area (Å²) in [7, 11) is 0. The first-order valence-electron chi connectivity index (χ1n) is 11.1. The second-order valence-corrected chi connectivity index (χ2v) is 10.4. The molecule has 6 nitrogen and oxygen atoms in total. The number of carbonyl (C=O) groups is 2. The van der Waals surface area contributed by atoms with Crippen LogP contribution in [0.5, 0.6) is 0 Å². The van der Waals surface area contributed by atoms with E-state index in [9.17, 15) is 9.59 Å². The van der Waals surface area contributed by atoms with Crippen molar-refractivity contribution in [3.05, 3.63) is 11.6 Å². The molecule has 0 aromatic rings. The first-order chi connectivity index (χ1) is 13.9. The number of ether oxygens (including phenoxy) is 4. The molecule has 3 saturated carbocycles. The molecule has 29 heavy (non-hydrogen) atoms. The number of fused-ring (bicyclic) bond motifs is 7. The van der Waals surface area contributed by atoms with Gasteiger partial charge in [0.25, 0.3) is 0 Å². The number of carbonyl (C=O) groups excluding carboxylic acids is 2. The second-order valence-electron chi connectivity index (χ2n) is 10.4. The van der Waals surface area contributed by atoms with Crippen molar-refractivity contribution in [2.45, 2.75) is 70.2 Å². The van der Waals surface area contributed by atoms with E-state index in [0.29, 0.717) is 31.3 Å². The number of hydrogen-bond donors (Lipinski definition) is 0. The quantitative estimate of drug-likeness (QED) is 0.620. The maximum atomic E-state index is 13.9. The van der Waals surface area contributed by atoms with E-state index in [4.69, 9.17) is 18.9 Å². The molecule has 7 atom stereocenters. The van der Waals surface area contributed by atoms with Gasteiger partial charge in [-0.2, -0.15) is 0 Å². The van der Waals surface area contributed by atoms with Crippen LogP contribution in [0.1, 0.15) is 58.8 Å². The molecule has 0 amide bonds. The molecule has 5 fully saturated rings. The predicted molar refractivity (Wildman–Crippen MR) is 102 cm³/mol. The van der Waals surface area contributed by atoms with Gasteiger partial charge in [-0.25, -0.2) is 0 Å². The summed E-state index contributed by atoms with van der Waals surface area (Å²) in [5.41, 5.74) is -0.131. The minimum Gasteiger partial charge on any atom is -0.350 e. The Morgan fingerprint density at radius 3 is 2.59 bits per heavy atom. The van der Waals surface area contributed by atoms with Gasteiger partial charge >= 0.3 is 0 Å². The van der Waals surface area contributed by atoms with Crippen molar-refractivity contribution in [3.8, 4) is 0 Å². The molecule has 158 valence electrons. The molecule has 6 rings (SSSR count). The summed E-state index contributed by atoms with van der Waals surface area (Å²) >= 11 is 0. The maximum Gasteiger partial charge on any atom is 0.227 e. The van der Waals surface area contributed by atoms with Crippen molar-refractivity contribution in [1.82, 2.24) is 0 Å². The van der Waals surface area contributed by atoms with E-state index in [-0.39, 0.29) is 36.5 Å². The third-order valence-electron chi connectivity index (χ3n) is 9.81. The van der Waals surface area contributed by atoms with Gasteiger partial charge < -0.3 is 18.9 Å². The van der Waals surface area contributed by atoms with Crippen LogP contribution >= 0.6 is 0 Å². The van der Waals surface area contributed by atoms with Gasteiger partial charge in [0, 0.05) is 12.8 Å². The summed E-state index contributed by atoms with van der Waals surface area (Å²) in [6.07, 6.45) is 7.67. The molecule has 0 aromatic carbocycles. The number of ketones is 2. The van der Waals surface area contributed by atoms with E-state index in [0.717, 1.165) is 32.1 Å². The molecule has 2 heterocycles. The molecule has 5 unspecified atom stereocenters. The fraction of sp³-hybridized carbons (Fsp3) is 0.826. The lowest BCUT2D eigenvalue weighted by Gasteiger charge is -2.59. The van der Waals surface area contributed by atoms with Crippen molar-refractivity contribution < 1.29 is 28.5 Å². The molecule has 0 aromatic heterocycles. The van der Waals surface area contributed by atoms with E-state index < -0.39 is 16.8 Å². The second kappa shape index (κ2) is 5.78. The normalized spacial score (nSPS) is 53.9. The zero-order chi connectivity index (χ0) is 20.1. The van der Waals surface area contributed by atoms with Crippen LogP contribution < -0.4 is 0 Å². The molecule has 0 N–H and O–H groups in total. The first-order valence-corrected chi connectivity index (χ1v) is 11.1. The van der Waals surface area contributed by atoms with E-state index in [1.54, 1.807) is 0 Å². The third kappa shape index (κ3) is 2.02. The average Bonchev–Trinajstić information content (AvgIpc) is 3.39. The number of hydrogen-bond acceptors (Lipinski definition) is 6. The lowest BCUT2D eigenvalue weighted by atomic mass is 9.45. The van der Waals surface area contributed by atoms with Crippen LogP contribution in [-0.4, -0.2) is 43.1 Å². The van der Waals surface area contributed by atoms with Gasteiger partial charge in [0.1, 0.15) is 18.0 Å². The van der Waals surface area contributed by atoms with E-state index >= 15 is 0 Å². The van der Waals surface area contributed by atoms with Crippen molar-refractivity contribution >= 4 is 11.6 Å². The van der Waals surface area contributed by atoms with Crippen molar-refractivity contribution in [2.75, 3.05) is 20.2 Å². The summed E-state index contributed by atoms with van der Waals surface area (Å²) < 4.78 is 23.8. The molecule has 0 bridgehead atoms. The maximum absolute atomic E-state index is 13.9. The van der Waals surface area contributed by atoms with Gasteiger partial charge in [-0.15, -0.1) is 0 Å². The molecule has 2 saturated heterocycles. The fourth-order valence-corrected chi connectivity index (χ4v) is 8.23. The number of rotatable bonds is 0. The molecular weight excluding hydrogens is 372 g/mol. The highest BCUT2D eigenvalue weighted by Crippen LogP contribution is 2.70. The molecular formula is C23H30O6. The zero-order valence-electron chi connectivity index (χ0n) is 17.3. The largest absolute Gasteiger partial charge is 0.350 e. The Bertz CT molecular complexity index is 807. The van der Waals surface area contributed by atoms with Crippen LogP contribution in [-0.2, 0) is 28.5 Å². The van der Waals surface area contributed by atoms with Crippen LogP contribution in [0.3, 0.4) is 0 Å². The lowest BCUT2D eigenvalue weighted by molar-refractivity contribution is -0.242. The first kappa shape index (κ1) is 18.7. The summed E-state index contributed by atoms with van der Waals surface area (Å²) in [4.78, 5) is 25.9. The molecule has 2 spiro atoms. The summed E-state index contributed by atoms with van der Waals surface area (Å²) in [6, 6.07) is 0. The molecule has 6 heteroatoms. The number of Topliss-reactive ketones (excluding diaryl/α,β-unsaturated/α-hetero) is 1. The van der Waals surface area contributed by atoms with Crippen LogP contribution in [0.25, 0.3) is 0 Å². The van der Waals surface area contributed by atoms with Gasteiger partial charge in [-0.1, -0.05) is 12.5 Å². The van der Waals surface area contributed by atoms with Gasteiger partial charge in [0.05, 0.1) is 5.41 Å². The van der Waals surface area contributed by atoms with E-state index in [1.807, 2.05) is 6.08 Å². The van der Waals surface area contributed by atoms with Gasteiger partial charge in [0.2, 0.25) is 5.79 Å². The highest BCUT2D eigenvalue weighted by Gasteiger charge is 2.78. The Morgan fingerprint density at radius 1 is 0.966 bits per heavy atom. The Hall–Kier alpha value is -1.08. The van der Waals surface area contributed by atoms with E-state index in [1.165, 1.54) is 5.57 Å². The van der Waals surface area contributed by atoms with Gasteiger partial charge in [0.15, 0.2) is 19.4 Å². The van der Waals surface area contributed by atoms with Gasteiger partial charge in [-0.3, -0.25) is 9.59 Å².